The zero-order valence-electron chi connectivity index (χ0n) is 12.9. The van der Waals surface area contributed by atoms with E-state index in [0.717, 1.165) is 51.0 Å². The van der Waals surface area contributed by atoms with Gasteiger partial charge in [-0.15, -0.1) is 12.4 Å². The van der Waals surface area contributed by atoms with Crippen molar-refractivity contribution in [1.82, 2.24) is 10.2 Å². The molecule has 1 fully saturated rings. The van der Waals surface area contributed by atoms with E-state index in [2.05, 4.69) is 17.1 Å². The number of halogens is 3. The number of benzene rings is 1. The van der Waals surface area contributed by atoms with E-state index < -0.39 is 6.61 Å². The zero-order chi connectivity index (χ0) is 15.1. The maximum atomic E-state index is 12.6. The van der Waals surface area contributed by atoms with Gasteiger partial charge >= 0.3 is 6.61 Å². The molecule has 1 heterocycles. The maximum Gasteiger partial charge on any atom is 0.387 e. The predicted octanol–water partition coefficient (Wildman–Crippen LogP) is 3.85. The van der Waals surface area contributed by atoms with Crippen LogP contribution in [0.4, 0.5) is 8.78 Å². The monoisotopic (exact) mass is 334 g/mol. The van der Waals surface area contributed by atoms with Crippen LogP contribution in [0.5, 0.6) is 5.75 Å². The Morgan fingerprint density at radius 3 is 2.55 bits per heavy atom. The van der Waals surface area contributed by atoms with Gasteiger partial charge in [0.05, 0.1) is 0 Å². The van der Waals surface area contributed by atoms with E-state index in [-0.39, 0.29) is 18.4 Å². The molecular formula is C16H25ClF2N2O. The molecule has 3 nitrogen and oxygen atoms in total. The summed E-state index contributed by atoms with van der Waals surface area (Å²) in [6.45, 7) is 3.15. The molecule has 2 rings (SSSR count). The predicted molar refractivity (Wildman–Crippen MR) is 87.0 cm³/mol. The van der Waals surface area contributed by atoms with Crippen molar-refractivity contribution in [3.8, 4) is 5.75 Å². The first-order valence-corrected chi connectivity index (χ1v) is 7.71. The van der Waals surface area contributed by atoms with Crippen LogP contribution in [0.3, 0.4) is 0 Å². The van der Waals surface area contributed by atoms with Crippen LogP contribution in [0.1, 0.15) is 37.8 Å². The fraction of sp³-hybridized carbons (Fsp3) is 0.625. The van der Waals surface area contributed by atoms with E-state index in [4.69, 9.17) is 4.74 Å². The topological polar surface area (TPSA) is 24.5 Å². The van der Waals surface area contributed by atoms with Gasteiger partial charge in [-0.3, -0.25) is 4.90 Å². The Kier molecular flexibility index (Phi) is 8.68. The quantitative estimate of drug-likeness (QED) is 0.819. The minimum absolute atomic E-state index is 0. The average Bonchev–Trinajstić information content (AvgIpc) is 2.50. The number of unbranched alkanes of at least 4 members (excludes halogenated alkanes) is 1. The van der Waals surface area contributed by atoms with E-state index in [0.29, 0.717) is 5.75 Å². The lowest BCUT2D eigenvalue weighted by atomic mass is 9.98. The van der Waals surface area contributed by atoms with Gasteiger partial charge in [0, 0.05) is 37.8 Å². The summed E-state index contributed by atoms with van der Waals surface area (Å²) in [6.07, 6.45) is 3.15. The molecular weight excluding hydrogens is 310 g/mol. The molecule has 1 aliphatic rings. The molecule has 1 aromatic rings. The third kappa shape index (κ3) is 5.38. The molecule has 0 spiro atoms. The lowest BCUT2D eigenvalue weighted by molar-refractivity contribution is -0.0513. The molecule has 0 aliphatic carbocycles. The minimum Gasteiger partial charge on any atom is -0.434 e. The largest absolute Gasteiger partial charge is 0.434 e. The molecule has 0 aromatic heterocycles. The molecule has 1 N–H and O–H groups in total. The van der Waals surface area contributed by atoms with E-state index in [1.54, 1.807) is 12.1 Å². The van der Waals surface area contributed by atoms with Crippen LogP contribution < -0.4 is 10.1 Å². The molecule has 1 atom stereocenters. The molecule has 0 radical (unpaired) electrons. The standard InChI is InChI=1S/C16H24F2N2O.ClH/c1-2-3-7-14(20-11-9-19-10-12-20)13-6-4-5-8-15(13)21-16(17)18;/h4-6,8,14,16,19H,2-3,7,9-12H2,1H3;1H/t14-;/m1./s1. The lowest BCUT2D eigenvalue weighted by Crippen LogP contribution is -2.45. The molecule has 1 aliphatic heterocycles. The number of nitrogens with one attached hydrogen (secondary N) is 1. The maximum absolute atomic E-state index is 12.6. The Labute approximate surface area is 137 Å². The van der Waals surface area contributed by atoms with E-state index in [1.807, 2.05) is 12.1 Å². The van der Waals surface area contributed by atoms with Crippen molar-refractivity contribution >= 4 is 12.4 Å². The van der Waals surface area contributed by atoms with Crippen molar-refractivity contribution in [3.05, 3.63) is 29.8 Å². The molecule has 1 saturated heterocycles. The number of ether oxygens (including phenoxy) is 1. The van der Waals surface area contributed by atoms with E-state index in [9.17, 15) is 8.78 Å². The Balaban J connectivity index is 0.00000242. The van der Waals surface area contributed by atoms with Gasteiger partial charge in [0.2, 0.25) is 0 Å². The first kappa shape index (κ1) is 19.1. The summed E-state index contributed by atoms with van der Waals surface area (Å²) in [5, 5.41) is 3.33. The van der Waals surface area contributed by atoms with Crippen molar-refractivity contribution in [1.29, 1.82) is 0 Å². The number of hydrogen-bond donors (Lipinski definition) is 1. The SMILES string of the molecule is CCCC[C@H](c1ccccc1OC(F)F)N1CCNCC1.Cl. The Morgan fingerprint density at radius 1 is 1.23 bits per heavy atom. The van der Waals surface area contributed by atoms with Crippen LogP contribution in [-0.2, 0) is 0 Å². The summed E-state index contributed by atoms with van der Waals surface area (Å²) in [5.41, 5.74) is 0.883. The number of alkyl halides is 2. The third-order valence-corrected chi connectivity index (χ3v) is 3.92. The highest BCUT2D eigenvalue weighted by Gasteiger charge is 2.25. The molecule has 6 heteroatoms. The number of hydrogen-bond acceptors (Lipinski definition) is 3. The normalized spacial score (nSPS) is 17.1. The highest BCUT2D eigenvalue weighted by molar-refractivity contribution is 5.85. The first-order valence-electron chi connectivity index (χ1n) is 7.71. The van der Waals surface area contributed by atoms with Crippen LogP contribution in [-0.4, -0.2) is 37.7 Å². The summed E-state index contributed by atoms with van der Waals surface area (Å²) in [5.74, 6) is 0.312. The van der Waals surface area contributed by atoms with E-state index in [1.165, 1.54) is 0 Å². The number of rotatable bonds is 7. The van der Waals surface area contributed by atoms with Crippen molar-refractivity contribution < 1.29 is 13.5 Å². The molecule has 0 bridgehead atoms. The minimum atomic E-state index is -2.78. The van der Waals surface area contributed by atoms with E-state index >= 15 is 0 Å². The third-order valence-electron chi connectivity index (χ3n) is 3.92. The van der Waals surface area contributed by atoms with Crippen LogP contribution >= 0.6 is 12.4 Å². The van der Waals surface area contributed by atoms with Crippen LogP contribution in [0.15, 0.2) is 24.3 Å². The number of piperazine rings is 1. The zero-order valence-corrected chi connectivity index (χ0v) is 13.7. The lowest BCUT2D eigenvalue weighted by Gasteiger charge is -2.36. The molecule has 22 heavy (non-hydrogen) atoms. The van der Waals surface area contributed by atoms with Crippen molar-refractivity contribution in [2.45, 2.75) is 38.8 Å². The molecule has 0 amide bonds. The highest BCUT2D eigenvalue weighted by atomic mass is 35.5. The smallest absolute Gasteiger partial charge is 0.387 e. The highest BCUT2D eigenvalue weighted by Crippen LogP contribution is 2.34. The van der Waals surface area contributed by atoms with Crippen LogP contribution in [0.25, 0.3) is 0 Å². The van der Waals surface area contributed by atoms with Crippen molar-refractivity contribution in [3.63, 3.8) is 0 Å². The molecule has 126 valence electrons. The summed E-state index contributed by atoms with van der Waals surface area (Å²) in [4.78, 5) is 2.37. The average molecular weight is 335 g/mol. The number of nitrogens with zero attached hydrogens (tertiary/aromatic N) is 1. The summed E-state index contributed by atoms with van der Waals surface area (Å²) >= 11 is 0. The van der Waals surface area contributed by atoms with Gasteiger partial charge in [-0.05, 0) is 12.5 Å². The second-order valence-electron chi connectivity index (χ2n) is 5.36. The fourth-order valence-electron chi connectivity index (χ4n) is 2.89. The van der Waals surface area contributed by atoms with Gasteiger partial charge in [0.1, 0.15) is 5.75 Å². The second kappa shape index (κ2) is 9.98. The fourth-order valence-corrected chi connectivity index (χ4v) is 2.89. The van der Waals surface area contributed by atoms with Gasteiger partial charge in [0.15, 0.2) is 0 Å². The summed E-state index contributed by atoms with van der Waals surface area (Å²) < 4.78 is 29.9. The molecule has 0 saturated carbocycles. The summed E-state index contributed by atoms with van der Waals surface area (Å²) in [6, 6.07) is 7.36. The van der Waals surface area contributed by atoms with Gasteiger partial charge in [-0.25, -0.2) is 0 Å². The van der Waals surface area contributed by atoms with Crippen LogP contribution in [0.2, 0.25) is 0 Å². The Hall–Kier alpha value is -0.910. The van der Waals surface area contributed by atoms with Crippen molar-refractivity contribution in [2.75, 3.05) is 26.2 Å². The molecule has 0 unspecified atom stereocenters. The van der Waals surface area contributed by atoms with Gasteiger partial charge in [0.25, 0.3) is 0 Å². The van der Waals surface area contributed by atoms with Crippen molar-refractivity contribution in [2.24, 2.45) is 0 Å². The summed E-state index contributed by atoms with van der Waals surface area (Å²) in [7, 11) is 0. The van der Waals surface area contributed by atoms with Gasteiger partial charge in [-0.2, -0.15) is 8.78 Å². The van der Waals surface area contributed by atoms with Gasteiger partial charge < -0.3 is 10.1 Å². The van der Waals surface area contributed by atoms with Crippen LogP contribution in [0, 0.1) is 0 Å². The first-order chi connectivity index (χ1) is 10.2. The number of para-hydroxylation sites is 1. The Bertz CT molecular complexity index is 428. The molecule has 1 aromatic carbocycles. The second-order valence-corrected chi connectivity index (χ2v) is 5.36. The van der Waals surface area contributed by atoms with Gasteiger partial charge in [-0.1, -0.05) is 38.0 Å². The Morgan fingerprint density at radius 2 is 1.91 bits per heavy atom.